The number of carbonyl (C=O) groups is 1. The quantitative estimate of drug-likeness (QED) is 0.490. The number of hydrogen-bond acceptors (Lipinski definition) is 3. The summed E-state index contributed by atoms with van der Waals surface area (Å²) in [6, 6.07) is 11.8. The molecule has 0 spiro atoms. The number of rotatable bonds is 7. The van der Waals surface area contributed by atoms with Crippen molar-refractivity contribution in [2.45, 2.75) is 51.0 Å². The lowest BCUT2D eigenvalue weighted by molar-refractivity contribution is 0.1000. The predicted octanol–water partition coefficient (Wildman–Crippen LogP) is 3.80. The van der Waals surface area contributed by atoms with Crippen molar-refractivity contribution in [2.75, 3.05) is 13.1 Å². The van der Waals surface area contributed by atoms with Crippen LogP contribution in [-0.2, 0) is 12.0 Å². The van der Waals surface area contributed by atoms with Gasteiger partial charge in [-0.15, -0.1) is 11.3 Å². The molecular weight excluding hydrogens is 368 g/mol. The van der Waals surface area contributed by atoms with Crippen LogP contribution in [0.1, 0.15) is 59.8 Å². The minimum Gasteiger partial charge on any atom is -0.366 e. The maximum Gasteiger partial charge on any atom is 0.248 e. The second kappa shape index (κ2) is 9.73. The molecule has 1 aliphatic carbocycles. The smallest absolute Gasteiger partial charge is 0.248 e. The second-order valence-corrected chi connectivity index (χ2v) is 8.38. The minimum atomic E-state index is -0.411. The average molecular weight is 399 g/mol. The maximum absolute atomic E-state index is 11.4. The number of carbonyl (C=O) groups excluding carboxylic acids is 1. The summed E-state index contributed by atoms with van der Waals surface area (Å²) in [6.45, 7) is 4.27. The van der Waals surface area contributed by atoms with Gasteiger partial charge in [-0.25, -0.2) is 4.99 Å². The fourth-order valence-electron chi connectivity index (χ4n) is 3.91. The van der Waals surface area contributed by atoms with Gasteiger partial charge in [0.05, 0.1) is 6.54 Å². The summed E-state index contributed by atoms with van der Waals surface area (Å²) in [6.07, 6.45) is 6.35. The largest absolute Gasteiger partial charge is 0.366 e. The molecule has 1 aliphatic rings. The molecule has 6 heteroatoms. The molecule has 2 aromatic rings. The Morgan fingerprint density at radius 1 is 1.18 bits per heavy atom. The van der Waals surface area contributed by atoms with E-state index in [9.17, 15) is 4.79 Å². The Kier molecular flexibility index (Phi) is 7.09. The maximum atomic E-state index is 11.4. The van der Waals surface area contributed by atoms with Crippen LogP contribution in [0, 0.1) is 0 Å². The van der Waals surface area contributed by atoms with Crippen molar-refractivity contribution in [1.82, 2.24) is 10.6 Å². The number of hydrogen-bond donors (Lipinski definition) is 3. The highest BCUT2D eigenvalue weighted by atomic mass is 32.1. The fraction of sp³-hybridized carbons (Fsp3) is 0.455. The van der Waals surface area contributed by atoms with Crippen molar-refractivity contribution in [3.05, 3.63) is 57.8 Å². The van der Waals surface area contributed by atoms with Gasteiger partial charge in [-0.05, 0) is 48.9 Å². The van der Waals surface area contributed by atoms with Crippen molar-refractivity contribution in [1.29, 1.82) is 0 Å². The van der Waals surface area contributed by atoms with Crippen molar-refractivity contribution in [3.8, 4) is 0 Å². The van der Waals surface area contributed by atoms with Gasteiger partial charge in [0.1, 0.15) is 0 Å². The predicted molar refractivity (Wildman–Crippen MR) is 117 cm³/mol. The minimum absolute atomic E-state index is 0.203. The first-order valence-corrected chi connectivity index (χ1v) is 11.0. The highest BCUT2D eigenvalue weighted by Gasteiger charge is 2.34. The van der Waals surface area contributed by atoms with Crippen LogP contribution in [0.5, 0.6) is 0 Å². The van der Waals surface area contributed by atoms with E-state index in [4.69, 9.17) is 10.7 Å². The third-order valence-electron chi connectivity index (χ3n) is 5.42. The molecule has 1 heterocycles. The number of thiophene rings is 1. The van der Waals surface area contributed by atoms with E-state index in [1.54, 1.807) is 6.07 Å². The molecule has 0 saturated heterocycles. The first-order valence-electron chi connectivity index (χ1n) is 10.1. The third kappa shape index (κ3) is 5.13. The molecule has 0 aliphatic heterocycles. The lowest BCUT2D eigenvalue weighted by atomic mass is 9.73. The molecule has 1 aromatic carbocycles. The molecule has 4 N–H and O–H groups in total. The molecule has 3 rings (SSSR count). The number of guanidine groups is 1. The van der Waals surface area contributed by atoms with E-state index in [-0.39, 0.29) is 5.41 Å². The Hall–Kier alpha value is -2.34. The van der Waals surface area contributed by atoms with Gasteiger partial charge in [0.25, 0.3) is 0 Å². The molecule has 1 saturated carbocycles. The summed E-state index contributed by atoms with van der Waals surface area (Å²) < 4.78 is 0. The molecule has 1 fully saturated rings. The lowest BCUT2D eigenvalue weighted by Gasteiger charge is -2.37. The van der Waals surface area contributed by atoms with Crippen molar-refractivity contribution >= 4 is 23.2 Å². The summed E-state index contributed by atoms with van der Waals surface area (Å²) in [7, 11) is 0. The first kappa shape index (κ1) is 20.4. The monoisotopic (exact) mass is 398 g/mol. The second-order valence-electron chi connectivity index (χ2n) is 7.43. The van der Waals surface area contributed by atoms with Crippen molar-refractivity contribution < 1.29 is 4.79 Å². The number of amides is 1. The highest BCUT2D eigenvalue weighted by molar-refractivity contribution is 7.10. The number of benzene rings is 1. The highest BCUT2D eigenvalue weighted by Crippen LogP contribution is 2.41. The average Bonchev–Trinajstić information content (AvgIpc) is 3.26. The van der Waals surface area contributed by atoms with E-state index >= 15 is 0 Å². The van der Waals surface area contributed by atoms with E-state index in [2.05, 4.69) is 35.1 Å². The van der Waals surface area contributed by atoms with E-state index in [1.165, 1.54) is 37.0 Å². The normalized spacial score (nSPS) is 16.5. The molecule has 1 aromatic heterocycles. The van der Waals surface area contributed by atoms with Crippen LogP contribution in [0.4, 0.5) is 0 Å². The molecular formula is C22H30N4OS. The van der Waals surface area contributed by atoms with Crippen molar-refractivity contribution in [2.24, 2.45) is 10.7 Å². The zero-order chi connectivity index (χ0) is 19.8. The summed E-state index contributed by atoms with van der Waals surface area (Å²) in [4.78, 5) is 17.6. The number of primary amides is 1. The zero-order valence-corrected chi connectivity index (χ0v) is 17.4. The first-order chi connectivity index (χ1) is 13.6. The van der Waals surface area contributed by atoms with Gasteiger partial charge in [0.2, 0.25) is 5.91 Å². The van der Waals surface area contributed by atoms with Crippen LogP contribution in [0.15, 0.2) is 46.8 Å². The fourth-order valence-corrected chi connectivity index (χ4v) is 4.89. The molecule has 28 heavy (non-hydrogen) atoms. The number of nitrogens with two attached hydrogens (primary N) is 1. The Morgan fingerprint density at radius 2 is 2.00 bits per heavy atom. The molecule has 0 atom stereocenters. The number of aliphatic imine (C=N–C) groups is 1. The van der Waals surface area contributed by atoms with Gasteiger partial charge >= 0.3 is 0 Å². The van der Waals surface area contributed by atoms with E-state index in [0.29, 0.717) is 12.1 Å². The zero-order valence-electron chi connectivity index (χ0n) is 16.5. The van der Waals surface area contributed by atoms with Crippen LogP contribution in [-0.4, -0.2) is 25.0 Å². The molecule has 0 unspecified atom stereocenters. The van der Waals surface area contributed by atoms with Gasteiger partial charge in [-0.1, -0.05) is 37.5 Å². The van der Waals surface area contributed by atoms with Gasteiger partial charge in [-0.3, -0.25) is 4.79 Å². The number of nitrogens with one attached hydrogen (secondary N) is 2. The summed E-state index contributed by atoms with van der Waals surface area (Å²) in [5, 5.41) is 9.10. The van der Waals surface area contributed by atoms with Crippen LogP contribution in [0.3, 0.4) is 0 Å². The lowest BCUT2D eigenvalue weighted by Crippen LogP contribution is -2.46. The Morgan fingerprint density at radius 3 is 2.68 bits per heavy atom. The topological polar surface area (TPSA) is 79.5 Å². The molecule has 0 radical (unpaired) electrons. The number of nitrogens with zero attached hydrogens (tertiary/aromatic N) is 1. The van der Waals surface area contributed by atoms with Crippen LogP contribution in [0.2, 0.25) is 0 Å². The van der Waals surface area contributed by atoms with Gasteiger partial charge < -0.3 is 16.4 Å². The Bertz CT molecular complexity index is 795. The van der Waals surface area contributed by atoms with Crippen LogP contribution < -0.4 is 16.4 Å². The summed E-state index contributed by atoms with van der Waals surface area (Å²) >= 11 is 1.86. The SMILES string of the molecule is CCNC(=NCc1cccc(C(N)=O)c1)NCC1(c2cccs2)CCCCC1. The third-order valence-corrected chi connectivity index (χ3v) is 6.54. The van der Waals surface area contributed by atoms with E-state index in [1.807, 2.05) is 29.5 Å². The molecule has 150 valence electrons. The van der Waals surface area contributed by atoms with Gasteiger partial charge in [0, 0.05) is 28.9 Å². The van der Waals surface area contributed by atoms with E-state index < -0.39 is 5.91 Å². The molecule has 0 bridgehead atoms. The van der Waals surface area contributed by atoms with Crippen LogP contribution in [0.25, 0.3) is 0 Å². The summed E-state index contributed by atoms with van der Waals surface area (Å²) in [5.41, 5.74) is 7.07. The summed E-state index contributed by atoms with van der Waals surface area (Å²) in [5.74, 6) is 0.402. The van der Waals surface area contributed by atoms with E-state index in [0.717, 1.165) is 24.6 Å². The van der Waals surface area contributed by atoms with Gasteiger partial charge in [-0.2, -0.15) is 0 Å². The van der Waals surface area contributed by atoms with Gasteiger partial charge in [0.15, 0.2) is 5.96 Å². The van der Waals surface area contributed by atoms with Crippen molar-refractivity contribution in [3.63, 3.8) is 0 Å². The standard InChI is InChI=1S/C22H30N4OS/c1-2-24-21(25-15-17-8-6-9-18(14-17)20(23)27)26-16-22(11-4-3-5-12-22)19-10-7-13-28-19/h6-10,13-14H,2-5,11-12,15-16H2,1H3,(H2,23,27)(H2,24,25,26). The Labute approximate surface area is 171 Å². The molecule has 1 amide bonds. The molecule has 5 nitrogen and oxygen atoms in total. The Balaban J connectivity index is 1.70. The van der Waals surface area contributed by atoms with Crippen LogP contribution >= 0.6 is 11.3 Å².